The van der Waals surface area contributed by atoms with Crippen LogP contribution in [0.1, 0.15) is 56.5 Å². The molecule has 6 heteroatoms. The third-order valence-electron chi connectivity index (χ3n) is 5.73. The van der Waals surface area contributed by atoms with Crippen molar-refractivity contribution < 1.29 is 19.4 Å². The Morgan fingerprint density at radius 3 is 2.32 bits per heavy atom. The lowest BCUT2D eigenvalue weighted by molar-refractivity contribution is -0.132. The Kier molecular flexibility index (Phi) is 6.50. The third-order valence-corrected chi connectivity index (χ3v) is 5.73. The first kappa shape index (κ1) is 23.2. The Morgan fingerprint density at radius 2 is 1.71 bits per heavy atom. The number of aromatic nitrogens is 1. The smallest absolute Gasteiger partial charge is 0.300 e. The van der Waals surface area contributed by atoms with Crippen molar-refractivity contribution in [2.45, 2.75) is 45.8 Å². The summed E-state index contributed by atoms with van der Waals surface area (Å²) < 4.78 is 5.74. The fourth-order valence-corrected chi connectivity index (χ4v) is 4.08. The summed E-state index contributed by atoms with van der Waals surface area (Å²) in [6.07, 6.45) is 1.55. The summed E-state index contributed by atoms with van der Waals surface area (Å²) in [5.41, 5.74) is 2.58. The van der Waals surface area contributed by atoms with Crippen molar-refractivity contribution in [2.75, 3.05) is 4.90 Å². The van der Waals surface area contributed by atoms with E-state index in [4.69, 9.17) is 4.74 Å². The van der Waals surface area contributed by atoms with Crippen molar-refractivity contribution in [2.24, 2.45) is 0 Å². The topological polar surface area (TPSA) is 79.7 Å². The zero-order valence-corrected chi connectivity index (χ0v) is 19.7. The van der Waals surface area contributed by atoms with Gasteiger partial charge >= 0.3 is 0 Å². The summed E-state index contributed by atoms with van der Waals surface area (Å²) in [4.78, 5) is 32.3. The van der Waals surface area contributed by atoms with Crippen molar-refractivity contribution >= 4 is 23.1 Å². The number of pyridine rings is 1. The number of hydrogen-bond acceptors (Lipinski definition) is 5. The van der Waals surface area contributed by atoms with E-state index in [1.807, 2.05) is 38.1 Å². The summed E-state index contributed by atoms with van der Waals surface area (Å²) in [5, 5.41) is 11.3. The normalized spacial score (nSPS) is 17.6. The van der Waals surface area contributed by atoms with E-state index in [0.717, 1.165) is 5.56 Å². The molecule has 1 atom stereocenters. The minimum atomic E-state index is -0.860. The Morgan fingerprint density at radius 1 is 0.971 bits per heavy atom. The van der Waals surface area contributed by atoms with Gasteiger partial charge in [-0.05, 0) is 61.7 Å². The number of anilines is 1. The monoisotopic (exact) mass is 456 g/mol. The summed E-state index contributed by atoms with van der Waals surface area (Å²) in [6.45, 7) is 7.99. The molecule has 34 heavy (non-hydrogen) atoms. The highest BCUT2D eigenvalue weighted by atomic mass is 16.5. The molecule has 1 unspecified atom stereocenters. The second-order valence-corrected chi connectivity index (χ2v) is 8.86. The number of benzene rings is 2. The first-order chi connectivity index (χ1) is 16.3. The van der Waals surface area contributed by atoms with Crippen molar-refractivity contribution in [1.29, 1.82) is 0 Å². The van der Waals surface area contributed by atoms with E-state index >= 15 is 0 Å². The second-order valence-electron chi connectivity index (χ2n) is 8.86. The van der Waals surface area contributed by atoms with Gasteiger partial charge in [0.25, 0.3) is 11.7 Å². The van der Waals surface area contributed by atoms with Crippen LogP contribution in [0.2, 0.25) is 0 Å². The van der Waals surface area contributed by atoms with Crippen LogP contribution >= 0.6 is 0 Å². The van der Waals surface area contributed by atoms with E-state index in [1.54, 1.807) is 48.7 Å². The molecule has 4 rings (SSSR count). The van der Waals surface area contributed by atoms with E-state index in [1.165, 1.54) is 4.90 Å². The zero-order valence-electron chi connectivity index (χ0n) is 19.7. The molecule has 174 valence electrons. The van der Waals surface area contributed by atoms with Crippen molar-refractivity contribution in [3.63, 3.8) is 0 Å². The maximum atomic E-state index is 13.3. The molecule has 0 saturated carbocycles. The molecule has 2 aromatic carbocycles. The van der Waals surface area contributed by atoms with Crippen LogP contribution in [0.15, 0.2) is 78.5 Å². The van der Waals surface area contributed by atoms with Gasteiger partial charge in [0.2, 0.25) is 0 Å². The molecule has 3 aromatic rings. The highest BCUT2D eigenvalue weighted by Gasteiger charge is 2.47. The van der Waals surface area contributed by atoms with Gasteiger partial charge in [0.15, 0.2) is 0 Å². The van der Waals surface area contributed by atoms with Gasteiger partial charge in [-0.3, -0.25) is 19.5 Å². The van der Waals surface area contributed by atoms with Gasteiger partial charge in [-0.15, -0.1) is 0 Å². The molecule has 2 heterocycles. The minimum Gasteiger partial charge on any atom is -0.507 e. The van der Waals surface area contributed by atoms with Gasteiger partial charge in [-0.25, -0.2) is 0 Å². The predicted molar refractivity (Wildman–Crippen MR) is 132 cm³/mol. The van der Waals surface area contributed by atoms with Crippen molar-refractivity contribution in [3.8, 4) is 5.75 Å². The van der Waals surface area contributed by atoms with E-state index in [9.17, 15) is 14.7 Å². The number of amides is 1. The number of hydrogen-bond donors (Lipinski definition) is 1. The van der Waals surface area contributed by atoms with Crippen LogP contribution in [0, 0.1) is 0 Å². The molecule has 1 saturated heterocycles. The Bertz CT molecular complexity index is 1230. The van der Waals surface area contributed by atoms with Gasteiger partial charge in [0.1, 0.15) is 17.6 Å². The summed E-state index contributed by atoms with van der Waals surface area (Å²) in [7, 11) is 0. The van der Waals surface area contributed by atoms with E-state index < -0.39 is 17.7 Å². The molecule has 1 aliphatic rings. The Balaban J connectivity index is 1.86. The van der Waals surface area contributed by atoms with Crippen LogP contribution < -0.4 is 9.64 Å². The molecule has 6 nitrogen and oxygen atoms in total. The summed E-state index contributed by atoms with van der Waals surface area (Å²) in [5.74, 6) is -0.826. The predicted octanol–water partition coefficient (Wildman–Crippen LogP) is 5.62. The zero-order chi connectivity index (χ0) is 24.4. The molecular weight excluding hydrogens is 428 g/mol. The highest BCUT2D eigenvalue weighted by Crippen LogP contribution is 2.42. The number of rotatable bonds is 6. The number of Topliss-reactive ketones (excluding diaryl/α,β-unsaturated/α-hetero) is 1. The summed E-state index contributed by atoms with van der Waals surface area (Å²) >= 11 is 0. The number of carbonyl (C=O) groups is 2. The van der Waals surface area contributed by atoms with Crippen LogP contribution in [0.25, 0.3) is 5.76 Å². The fraction of sp³-hybridized carbons (Fsp3) is 0.250. The number of aliphatic hydroxyl groups is 1. The molecule has 0 aliphatic carbocycles. The number of ketones is 1. The number of aliphatic hydroxyl groups excluding tert-OH is 1. The van der Waals surface area contributed by atoms with Crippen LogP contribution in [-0.4, -0.2) is 27.9 Å². The fourth-order valence-electron chi connectivity index (χ4n) is 4.08. The molecule has 0 bridgehead atoms. The maximum Gasteiger partial charge on any atom is 0.300 e. The lowest BCUT2D eigenvalue weighted by atomic mass is 9.97. The van der Waals surface area contributed by atoms with Crippen LogP contribution in [0.5, 0.6) is 5.75 Å². The average molecular weight is 457 g/mol. The van der Waals surface area contributed by atoms with Gasteiger partial charge in [-0.1, -0.05) is 44.2 Å². The Hall–Kier alpha value is -3.93. The number of carbonyl (C=O) groups excluding carboxylic acids is 2. The first-order valence-electron chi connectivity index (χ1n) is 11.4. The van der Waals surface area contributed by atoms with Gasteiger partial charge < -0.3 is 9.84 Å². The van der Waals surface area contributed by atoms with E-state index in [-0.39, 0.29) is 17.4 Å². The second kappa shape index (κ2) is 9.51. The van der Waals surface area contributed by atoms with Crippen LogP contribution in [0.3, 0.4) is 0 Å². The van der Waals surface area contributed by atoms with Gasteiger partial charge in [0.05, 0.1) is 17.4 Å². The standard InChI is InChI=1S/C28H28N2O4/c1-17(2)19-11-13-21(14-12-19)30-25(23-10-5-6-15-29-23)24(27(32)28(30)33)26(31)20-8-7-9-22(16-20)34-18(3)4/h5-18,25,31H,1-4H3/b26-24-. The molecule has 1 fully saturated rings. The highest BCUT2D eigenvalue weighted by molar-refractivity contribution is 6.51. The minimum absolute atomic E-state index is 0.00154. The lowest BCUT2D eigenvalue weighted by Gasteiger charge is -2.25. The quantitative estimate of drug-likeness (QED) is 0.296. The molecule has 1 amide bonds. The third kappa shape index (κ3) is 4.44. The van der Waals surface area contributed by atoms with E-state index in [2.05, 4.69) is 18.8 Å². The van der Waals surface area contributed by atoms with Gasteiger partial charge in [0, 0.05) is 17.4 Å². The maximum absolute atomic E-state index is 13.3. The number of nitrogens with zero attached hydrogens (tertiary/aromatic N) is 2. The summed E-state index contributed by atoms with van der Waals surface area (Å²) in [6, 6.07) is 18.9. The van der Waals surface area contributed by atoms with Crippen LogP contribution in [0.4, 0.5) is 5.69 Å². The SMILES string of the molecule is CC(C)Oc1cccc(/C(O)=C2/C(=O)C(=O)N(c3ccc(C(C)C)cc3)C2c2ccccn2)c1. The largest absolute Gasteiger partial charge is 0.507 e. The molecule has 1 N–H and O–H groups in total. The Labute approximate surface area is 199 Å². The molecular formula is C28H28N2O4. The molecule has 1 aromatic heterocycles. The first-order valence-corrected chi connectivity index (χ1v) is 11.4. The number of ether oxygens (including phenoxy) is 1. The molecule has 0 radical (unpaired) electrons. The van der Waals surface area contributed by atoms with Crippen LogP contribution in [-0.2, 0) is 9.59 Å². The average Bonchev–Trinajstić information content (AvgIpc) is 3.09. The van der Waals surface area contributed by atoms with Crippen molar-refractivity contribution in [1.82, 2.24) is 4.98 Å². The lowest BCUT2D eigenvalue weighted by Crippen LogP contribution is -2.29. The van der Waals surface area contributed by atoms with Crippen molar-refractivity contribution in [3.05, 3.63) is 95.3 Å². The van der Waals surface area contributed by atoms with Gasteiger partial charge in [-0.2, -0.15) is 0 Å². The van der Waals surface area contributed by atoms with E-state index in [0.29, 0.717) is 28.6 Å². The molecule has 1 aliphatic heterocycles. The molecule has 0 spiro atoms.